The molecule has 0 aliphatic rings. The number of urea groups is 1. The summed E-state index contributed by atoms with van der Waals surface area (Å²) >= 11 is 0. The van der Waals surface area contributed by atoms with Gasteiger partial charge in [-0.3, -0.25) is 9.48 Å². The van der Waals surface area contributed by atoms with Gasteiger partial charge in [0, 0.05) is 19.7 Å². The van der Waals surface area contributed by atoms with Crippen molar-refractivity contribution in [1.29, 1.82) is 0 Å². The van der Waals surface area contributed by atoms with E-state index in [9.17, 15) is 14.4 Å². The summed E-state index contributed by atoms with van der Waals surface area (Å²) in [6.07, 6.45) is 1.46. The molecule has 0 saturated carbocycles. The molecule has 0 spiro atoms. The highest BCUT2D eigenvalue weighted by Crippen LogP contribution is 2.00. The van der Waals surface area contributed by atoms with E-state index in [0.717, 1.165) is 5.69 Å². The minimum atomic E-state index is -1.21. The zero-order valence-electron chi connectivity index (χ0n) is 11.8. The van der Waals surface area contributed by atoms with Crippen molar-refractivity contribution >= 4 is 18.0 Å². The van der Waals surface area contributed by atoms with E-state index in [4.69, 9.17) is 5.11 Å². The molecule has 2 amide bonds. The van der Waals surface area contributed by atoms with Crippen LogP contribution >= 0.6 is 0 Å². The maximum atomic E-state index is 11.6. The van der Waals surface area contributed by atoms with E-state index in [0.29, 0.717) is 0 Å². The van der Waals surface area contributed by atoms with Crippen molar-refractivity contribution in [3.05, 3.63) is 18.0 Å². The van der Waals surface area contributed by atoms with Crippen molar-refractivity contribution in [2.45, 2.75) is 25.4 Å². The number of methoxy groups -OCH3 is 1. The molecule has 0 unspecified atom stereocenters. The number of carbonyl (C=O) groups excluding carboxylic acids is 2. The number of rotatable bonds is 7. The molecule has 1 rings (SSSR count). The van der Waals surface area contributed by atoms with E-state index in [1.54, 1.807) is 24.0 Å². The van der Waals surface area contributed by atoms with Crippen molar-refractivity contribution in [2.24, 2.45) is 7.05 Å². The number of nitrogens with zero attached hydrogens (tertiary/aromatic N) is 2. The first kappa shape index (κ1) is 16.5. The van der Waals surface area contributed by atoms with Gasteiger partial charge in [0.05, 0.1) is 19.3 Å². The van der Waals surface area contributed by atoms with Crippen LogP contribution in [0, 0.1) is 0 Å². The van der Waals surface area contributed by atoms with Crippen LogP contribution in [0.3, 0.4) is 0 Å². The third-order valence-corrected chi connectivity index (χ3v) is 2.82. The summed E-state index contributed by atoms with van der Waals surface area (Å²) in [7, 11) is 2.94. The third kappa shape index (κ3) is 5.51. The quantitative estimate of drug-likeness (QED) is 0.590. The Morgan fingerprint density at radius 1 is 1.48 bits per heavy atom. The Hall–Kier alpha value is -2.58. The normalized spacial score (nSPS) is 11.5. The van der Waals surface area contributed by atoms with Gasteiger partial charge in [0.15, 0.2) is 0 Å². The minimum Gasteiger partial charge on any atom is -0.480 e. The largest absolute Gasteiger partial charge is 0.480 e. The van der Waals surface area contributed by atoms with E-state index in [1.807, 2.05) is 0 Å². The number of carboxylic acids is 1. The molecular weight excluding hydrogens is 280 g/mol. The Balaban J connectivity index is 2.43. The molecule has 3 N–H and O–H groups in total. The molecular formula is C12H18N4O5. The molecule has 1 aromatic rings. The topological polar surface area (TPSA) is 123 Å². The van der Waals surface area contributed by atoms with Gasteiger partial charge in [-0.2, -0.15) is 5.10 Å². The number of aromatic nitrogens is 2. The number of carboxylic acid groups (broad SMARTS) is 1. The second-order valence-corrected chi connectivity index (χ2v) is 4.28. The molecule has 9 heteroatoms. The van der Waals surface area contributed by atoms with E-state index in [1.165, 1.54) is 7.11 Å². The smallest absolute Gasteiger partial charge is 0.326 e. The molecule has 0 bridgehead atoms. The third-order valence-electron chi connectivity index (χ3n) is 2.82. The number of aryl methyl sites for hydroxylation is 1. The molecule has 1 aromatic heterocycles. The van der Waals surface area contributed by atoms with Gasteiger partial charge in [0.25, 0.3) is 0 Å². The number of nitrogens with one attached hydrogen (secondary N) is 2. The Kier molecular flexibility index (Phi) is 6.18. The fraction of sp³-hybridized carbons (Fsp3) is 0.500. The number of amides is 2. The number of carbonyl (C=O) groups is 3. The standard InChI is InChI=1S/C12H18N4O5/c1-16-8(5-6-14-16)7-13-12(20)15-9(11(18)19)3-4-10(17)21-2/h5-6,9H,3-4,7H2,1-2H3,(H,18,19)(H2,13,15,20)/t9-/m0/s1. The number of aliphatic carboxylic acids is 1. The van der Waals surface area contributed by atoms with Crippen LogP contribution in [0.15, 0.2) is 12.3 Å². The zero-order chi connectivity index (χ0) is 15.8. The predicted octanol–water partition coefficient (Wildman–Crippen LogP) is -0.374. The minimum absolute atomic E-state index is 0.0405. The number of hydrogen-bond donors (Lipinski definition) is 3. The molecule has 0 saturated heterocycles. The highest BCUT2D eigenvalue weighted by molar-refractivity contribution is 5.83. The highest BCUT2D eigenvalue weighted by Gasteiger charge is 2.21. The monoisotopic (exact) mass is 298 g/mol. The molecule has 9 nitrogen and oxygen atoms in total. The van der Waals surface area contributed by atoms with E-state index < -0.39 is 24.0 Å². The van der Waals surface area contributed by atoms with Crippen LogP contribution in [0.25, 0.3) is 0 Å². The first-order valence-corrected chi connectivity index (χ1v) is 6.25. The first-order chi connectivity index (χ1) is 9.93. The highest BCUT2D eigenvalue weighted by atomic mass is 16.5. The van der Waals surface area contributed by atoms with Crippen molar-refractivity contribution in [1.82, 2.24) is 20.4 Å². The molecule has 1 heterocycles. The van der Waals surface area contributed by atoms with Crippen molar-refractivity contribution < 1.29 is 24.2 Å². The molecule has 0 aliphatic carbocycles. The maximum Gasteiger partial charge on any atom is 0.326 e. The van der Waals surface area contributed by atoms with Crippen LogP contribution in [0.2, 0.25) is 0 Å². The summed E-state index contributed by atoms with van der Waals surface area (Å²) in [5.74, 6) is -1.74. The lowest BCUT2D eigenvalue weighted by molar-refractivity contribution is -0.142. The second-order valence-electron chi connectivity index (χ2n) is 4.28. The summed E-state index contributed by atoms with van der Waals surface area (Å²) < 4.78 is 6.01. The summed E-state index contributed by atoms with van der Waals surface area (Å²) in [4.78, 5) is 33.7. The van der Waals surface area contributed by atoms with Crippen LogP contribution in [0.4, 0.5) is 4.79 Å². The summed E-state index contributed by atoms with van der Waals surface area (Å²) in [6.45, 7) is 0.214. The average Bonchev–Trinajstić information content (AvgIpc) is 2.85. The molecule has 0 radical (unpaired) electrons. The molecule has 1 atom stereocenters. The van der Waals surface area contributed by atoms with Gasteiger partial charge in [-0.15, -0.1) is 0 Å². The Bertz CT molecular complexity index is 514. The lowest BCUT2D eigenvalue weighted by Gasteiger charge is -2.14. The van der Waals surface area contributed by atoms with E-state index >= 15 is 0 Å². The Labute approximate surface area is 121 Å². The van der Waals surface area contributed by atoms with Crippen LogP contribution in [0.5, 0.6) is 0 Å². The SMILES string of the molecule is COC(=O)CC[C@H](NC(=O)NCc1ccnn1C)C(=O)O. The zero-order valence-corrected chi connectivity index (χ0v) is 11.8. The summed E-state index contributed by atoms with van der Waals surface area (Å²) in [6, 6.07) is -0.0595. The summed E-state index contributed by atoms with van der Waals surface area (Å²) in [5, 5.41) is 17.8. The van der Waals surface area contributed by atoms with Crippen molar-refractivity contribution in [3.8, 4) is 0 Å². The van der Waals surface area contributed by atoms with Crippen molar-refractivity contribution in [3.63, 3.8) is 0 Å². The number of hydrogen-bond acceptors (Lipinski definition) is 5. The van der Waals surface area contributed by atoms with Crippen LogP contribution < -0.4 is 10.6 Å². The number of esters is 1. The summed E-state index contributed by atoms with van der Waals surface area (Å²) in [5.41, 5.74) is 0.770. The molecule has 0 aromatic carbocycles. The van der Waals surface area contributed by atoms with Gasteiger partial charge in [0.1, 0.15) is 6.04 Å². The van der Waals surface area contributed by atoms with E-state index in [2.05, 4.69) is 20.5 Å². The van der Waals surface area contributed by atoms with Gasteiger partial charge in [-0.05, 0) is 12.5 Å². The lowest BCUT2D eigenvalue weighted by Crippen LogP contribution is -2.46. The maximum absolute atomic E-state index is 11.6. The fourth-order valence-electron chi connectivity index (χ4n) is 1.58. The Morgan fingerprint density at radius 3 is 2.71 bits per heavy atom. The number of ether oxygens (including phenoxy) is 1. The second kappa shape index (κ2) is 7.88. The Morgan fingerprint density at radius 2 is 2.19 bits per heavy atom. The molecule has 0 aliphatic heterocycles. The van der Waals surface area contributed by atoms with Gasteiger partial charge < -0.3 is 20.5 Å². The lowest BCUT2D eigenvalue weighted by atomic mass is 10.1. The van der Waals surface area contributed by atoms with Crippen LogP contribution in [-0.2, 0) is 27.9 Å². The van der Waals surface area contributed by atoms with Gasteiger partial charge in [-0.1, -0.05) is 0 Å². The van der Waals surface area contributed by atoms with Gasteiger partial charge in [-0.25, -0.2) is 9.59 Å². The predicted molar refractivity (Wildman–Crippen MR) is 71.3 cm³/mol. The molecule has 116 valence electrons. The van der Waals surface area contributed by atoms with Crippen LogP contribution in [-0.4, -0.2) is 46.0 Å². The van der Waals surface area contributed by atoms with Crippen LogP contribution in [0.1, 0.15) is 18.5 Å². The fourth-order valence-corrected chi connectivity index (χ4v) is 1.58. The van der Waals surface area contributed by atoms with Gasteiger partial charge >= 0.3 is 18.0 Å². The first-order valence-electron chi connectivity index (χ1n) is 6.25. The molecule has 21 heavy (non-hydrogen) atoms. The van der Waals surface area contributed by atoms with Gasteiger partial charge in [0.2, 0.25) is 0 Å². The average molecular weight is 298 g/mol. The van der Waals surface area contributed by atoms with Crippen molar-refractivity contribution in [2.75, 3.05) is 7.11 Å². The van der Waals surface area contributed by atoms with E-state index in [-0.39, 0.29) is 19.4 Å². The molecule has 0 fully saturated rings.